The van der Waals surface area contributed by atoms with Crippen LogP contribution in [0.2, 0.25) is 0 Å². The van der Waals surface area contributed by atoms with Gasteiger partial charge in [0.25, 0.3) is 0 Å². The summed E-state index contributed by atoms with van der Waals surface area (Å²) in [6.07, 6.45) is -0.109. The van der Waals surface area contributed by atoms with E-state index >= 15 is 0 Å². The normalized spacial score (nSPS) is 25.8. The molecule has 2 atom stereocenters. The number of alkyl halides is 1. The van der Waals surface area contributed by atoms with Gasteiger partial charge in [-0.2, -0.15) is 0 Å². The summed E-state index contributed by atoms with van der Waals surface area (Å²) < 4.78 is 13.7. The summed E-state index contributed by atoms with van der Waals surface area (Å²) in [5, 5.41) is 10.7. The number of halogens is 1. The van der Waals surface area contributed by atoms with Gasteiger partial charge >= 0.3 is 0 Å². The monoisotopic (exact) mass is 225 g/mol. The SMILES string of the molecule is CN[C@@H]1CCN(c2ccc(N)nn2)C[C@H]1F. The van der Waals surface area contributed by atoms with Gasteiger partial charge in [-0.15, -0.1) is 10.2 Å². The molecule has 0 spiro atoms. The zero-order valence-corrected chi connectivity index (χ0v) is 9.23. The Balaban J connectivity index is 2.04. The fourth-order valence-corrected chi connectivity index (χ4v) is 1.94. The van der Waals surface area contributed by atoms with Crippen LogP contribution in [0.4, 0.5) is 16.0 Å². The minimum absolute atomic E-state index is 0.0574. The number of rotatable bonds is 2. The maximum absolute atomic E-state index is 13.7. The van der Waals surface area contributed by atoms with Crippen molar-refractivity contribution in [2.75, 3.05) is 30.8 Å². The molecule has 1 aliphatic heterocycles. The first kappa shape index (κ1) is 11.1. The lowest BCUT2D eigenvalue weighted by molar-refractivity contribution is 0.227. The fourth-order valence-electron chi connectivity index (χ4n) is 1.94. The summed E-state index contributed by atoms with van der Waals surface area (Å²) in [4.78, 5) is 1.89. The molecule has 0 saturated carbocycles. The van der Waals surface area contributed by atoms with E-state index in [0.717, 1.165) is 13.0 Å². The van der Waals surface area contributed by atoms with E-state index in [-0.39, 0.29) is 6.04 Å². The molecule has 0 aromatic carbocycles. The standard InChI is InChI=1S/C10H16FN5/c1-13-8-4-5-16(6-7(8)11)10-3-2-9(12)14-15-10/h2-3,7-8,13H,4-6H2,1H3,(H2,12,14)/t7-,8-/m1/s1. The predicted octanol–water partition coefficient (Wildman–Crippen LogP) is 0.195. The molecule has 16 heavy (non-hydrogen) atoms. The first-order valence-electron chi connectivity index (χ1n) is 5.36. The Morgan fingerprint density at radius 1 is 1.50 bits per heavy atom. The second-order valence-electron chi connectivity index (χ2n) is 3.96. The second-order valence-corrected chi connectivity index (χ2v) is 3.96. The van der Waals surface area contributed by atoms with Crippen LogP contribution in [-0.2, 0) is 0 Å². The number of hydrogen-bond acceptors (Lipinski definition) is 5. The topological polar surface area (TPSA) is 67.1 Å². The number of anilines is 2. The lowest BCUT2D eigenvalue weighted by Gasteiger charge is -2.34. The Bertz CT molecular complexity index is 342. The van der Waals surface area contributed by atoms with Crippen LogP contribution in [-0.4, -0.2) is 42.5 Å². The molecule has 1 fully saturated rings. The van der Waals surface area contributed by atoms with E-state index in [1.165, 1.54) is 0 Å². The quantitative estimate of drug-likeness (QED) is 0.752. The van der Waals surface area contributed by atoms with E-state index in [1.807, 2.05) is 4.90 Å². The molecule has 1 aliphatic rings. The Morgan fingerprint density at radius 3 is 2.88 bits per heavy atom. The highest BCUT2D eigenvalue weighted by Gasteiger charge is 2.28. The summed E-state index contributed by atoms with van der Waals surface area (Å²) in [6, 6.07) is 3.40. The number of nitrogen functional groups attached to an aromatic ring is 1. The van der Waals surface area contributed by atoms with Crippen molar-refractivity contribution in [3.63, 3.8) is 0 Å². The largest absolute Gasteiger partial charge is 0.382 e. The van der Waals surface area contributed by atoms with Crippen LogP contribution in [0.25, 0.3) is 0 Å². The van der Waals surface area contributed by atoms with E-state index in [2.05, 4.69) is 15.5 Å². The van der Waals surface area contributed by atoms with E-state index < -0.39 is 6.17 Å². The minimum atomic E-state index is -0.877. The molecule has 2 rings (SSSR count). The third-order valence-electron chi connectivity index (χ3n) is 2.91. The predicted molar refractivity (Wildman–Crippen MR) is 61.0 cm³/mol. The fraction of sp³-hybridized carbons (Fsp3) is 0.600. The average Bonchev–Trinajstić information content (AvgIpc) is 2.30. The molecular weight excluding hydrogens is 209 g/mol. The summed E-state index contributed by atoms with van der Waals surface area (Å²) in [5.74, 6) is 1.07. The van der Waals surface area contributed by atoms with Crippen molar-refractivity contribution in [2.24, 2.45) is 0 Å². The molecule has 0 aliphatic carbocycles. The van der Waals surface area contributed by atoms with Gasteiger partial charge in [0.15, 0.2) is 5.82 Å². The molecule has 6 heteroatoms. The Kier molecular flexibility index (Phi) is 3.19. The summed E-state index contributed by atoms with van der Waals surface area (Å²) in [5.41, 5.74) is 5.45. The molecule has 1 saturated heterocycles. The number of nitrogens with zero attached hydrogens (tertiary/aromatic N) is 3. The van der Waals surface area contributed by atoms with Gasteiger partial charge in [0.2, 0.25) is 0 Å². The van der Waals surface area contributed by atoms with Crippen molar-refractivity contribution >= 4 is 11.6 Å². The van der Waals surface area contributed by atoms with Gasteiger partial charge in [0, 0.05) is 12.6 Å². The van der Waals surface area contributed by atoms with E-state index in [0.29, 0.717) is 18.2 Å². The highest BCUT2D eigenvalue weighted by atomic mass is 19.1. The van der Waals surface area contributed by atoms with Crippen LogP contribution < -0.4 is 16.0 Å². The molecule has 3 N–H and O–H groups in total. The van der Waals surface area contributed by atoms with Crippen LogP contribution in [0, 0.1) is 0 Å². The van der Waals surface area contributed by atoms with Crippen molar-refractivity contribution in [3.05, 3.63) is 12.1 Å². The van der Waals surface area contributed by atoms with Gasteiger partial charge in [-0.05, 0) is 25.6 Å². The number of aromatic nitrogens is 2. The Hall–Kier alpha value is -1.43. The van der Waals surface area contributed by atoms with E-state index in [1.54, 1.807) is 19.2 Å². The number of hydrogen-bond donors (Lipinski definition) is 2. The summed E-state index contributed by atoms with van der Waals surface area (Å²) in [6.45, 7) is 1.13. The molecule has 0 unspecified atom stereocenters. The van der Waals surface area contributed by atoms with Gasteiger partial charge in [-0.25, -0.2) is 4.39 Å². The Labute approximate surface area is 93.8 Å². The minimum Gasteiger partial charge on any atom is -0.382 e. The van der Waals surface area contributed by atoms with Crippen molar-refractivity contribution in [2.45, 2.75) is 18.6 Å². The van der Waals surface area contributed by atoms with Crippen LogP contribution >= 0.6 is 0 Å². The first-order valence-corrected chi connectivity index (χ1v) is 5.36. The smallest absolute Gasteiger partial charge is 0.151 e. The van der Waals surface area contributed by atoms with Crippen LogP contribution in [0.5, 0.6) is 0 Å². The third kappa shape index (κ3) is 2.21. The molecule has 0 bridgehead atoms. The van der Waals surface area contributed by atoms with Crippen molar-refractivity contribution in [3.8, 4) is 0 Å². The van der Waals surface area contributed by atoms with Gasteiger partial charge in [-0.1, -0.05) is 0 Å². The molecule has 5 nitrogen and oxygen atoms in total. The van der Waals surface area contributed by atoms with Crippen molar-refractivity contribution in [1.82, 2.24) is 15.5 Å². The van der Waals surface area contributed by atoms with Gasteiger partial charge in [0.1, 0.15) is 12.0 Å². The third-order valence-corrected chi connectivity index (χ3v) is 2.91. The van der Waals surface area contributed by atoms with Crippen LogP contribution in [0.3, 0.4) is 0 Å². The van der Waals surface area contributed by atoms with Gasteiger partial charge in [0.05, 0.1) is 6.54 Å². The highest BCUT2D eigenvalue weighted by molar-refractivity contribution is 5.42. The Morgan fingerprint density at radius 2 is 2.31 bits per heavy atom. The first-order chi connectivity index (χ1) is 7.70. The van der Waals surface area contributed by atoms with Gasteiger partial charge < -0.3 is 16.0 Å². The second kappa shape index (κ2) is 4.61. The number of nitrogens with one attached hydrogen (secondary N) is 1. The molecule has 2 heterocycles. The van der Waals surface area contributed by atoms with E-state index in [9.17, 15) is 4.39 Å². The lowest BCUT2D eigenvalue weighted by atomic mass is 10.0. The molecule has 1 aromatic heterocycles. The van der Waals surface area contributed by atoms with E-state index in [4.69, 9.17) is 5.73 Å². The average molecular weight is 225 g/mol. The number of piperidine rings is 1. The highest BCUT2D eigenvalue weighted by Crippen LogP contribution is 2.19. The zero-order chi connectivity index (χ0) is 11.5. The summed E-state index contributed by atoms with van der Waals surface area (Å²) in [7, 11) is 1.79. The van der Waals surface area contributed by atoms with Crippen molar-refractivity contribution < 1.29 is 4.39 Å². The molecule has 88 valence electrons. The maximum Gasteiger partial charge on any atom is 0.151 e. The maximum atomic E-state index is 13.7. The lowest BCUT2D eigenvalue weighted by Crippen LogP contribution is -2.50. The molecule has 1 aromatic rings. The summed E-state index contributed by atoms with van der Waals surface area (Å²) >= 11 is 0. The van der Waals surface area contributed by atoms with Crippen molar-refractivity contribution in [1.29, 1.82) is 0 Å². The molecular formula is C10H16FN5. The van der Waals surface area contributed by atoms with Crippen LogP contribution in [0.15, 0.2) is 12.1 Å². The zero-order valence-electron chi connectivity index (χ0n) is 9.23. The van der Waals surface area contributed by atoms with Crippen LogP contribution in [0.1, 0.15) is 6.42 Å². The molecule has 0 amide bonds. The van der Waals surface area contributed by atoms with Gasteiger partial charge in [-0.3, -0.25) is 0 Å². The number of nitrogens with two attached hydrogens (primary N) is 1. The molecule has 0 radical (unpaired) electrons.